The Morgan fingerprint density at radius 2 is 2.12 bits per heavy atom. The number of thiophene rings is 1. The van der Waals surface area contributed by atoms with Gasteiger partial charge in [-0.1, -0.05) is 19.9 Å². The molecule has 10 nitrogen and oxygen atoms in total. The van der Waals surface area contributed by atoms with Crippen LogP contribution in [0.1, 0.15) is 54.7 Å². The van der Waals surface area contributed by atoms with Gasteiger partial charge >= 0.3 is 0 Å². The molecular weight excluding hydrogens is 536 g/mol. The van der Waals surface area contributed by atoms with E-state index in [1.54, 1.807) is 10.8 Å². The Morgan fingerprint density at radius 1 is 1.27 bits per heavy atom. The highest BCUT2D eigenvalue weighted by molar-refractivity contribution is 7.17. The number of furan rings is 1. The number of hydrogen-bond donors (Lipinski definition) is 1. The molecule has 2 aliphatic rings. The van der Waals surface area contributed by atoms with Gasteiger partial charge < -0.3 is 14.6 Å². The van der Waals surface area contributed by atoms with Crippen LogP contribution in [0.3, 0.4) is 0 Å². The standard InChI is InChI=1S/C30H32N8O2S/c1-19-16-36(11-12-37(19)26-10-9-25-34-32-18-38(25)35-26)17-27(39)33-29-24(15-31)23-13-21(14-30(3,4)28(23)41-29)6-8-22-7-5-20(2)40-22/h5-10,13,18-19H,11-12,14,16-17H2,1-4H3,(H,33,39)/b8-6+. The third kappa shape index (κ3) is 5.40. The second-order valence-electron chi connectivity index (χ2n) is 11.4. The predicted octanol–water partition coefficient (Wildman–Crippen LogP) is 4.89. The largest absolute Gasteiger partial charge is 0.462 e. The van der Waals surface area contributed by atoms with Crippen LogP contribution in [0.2, 0.25) is 0 Å². The number of rotatable bonds is 6. The number of amides is 1. The fourth-order valence-corrected chi connectivity index (χ4v) is 6.95. The smallest absolute Gasteiger partial charge is 0.239 e. The molecule has 210 valence electrons. The van der Waals surface area contributed by atoms with E-state index in [1.165, 1.54) is 11.3 Å². The molecule has 0 aromatic carbocycles. The maximum atomic E-state index is 13.2. The number of aryl methyl sites for hydroxylation is 1. The van der Waals surface area contributed by atoms with Crippen molar-refractivity contribution in [2.24, 2.45) is 0 Å². The van der Waals surface area contributed by atoms with Crippen LogP contribution in [0, 0.1) is 18.3 Å². The summed E-state index contributed by atoms with van der Waals surface area (Å²) >= 11 is 1.51. The van der Waals surface area contributed by atoms with Crippen molar-refractivity contribution >= 4 is 45.9 Å². The first-order valence-electron chi connectivity index (χ1n) is 13.7. The maximum Gasteiger partial charge on any atom is 0.239 e. The summed E-state index contributed by atoms with van der Waals surface area (Å²) in [6.45, 7) is 10.9. The quantitative estimate of drug-likeness (QED) is 0.350. The van der Waals surface area contributed by atoms with E-state index in [0.717, 1.165) is 59.4 Å². The number of carbonyl (C=O) groups excluding carboxylic acids is 1. The van der Waals surface area contributed by atoms with Gasteiger partial charge in [0.15, 0.2) is 5.65 Å². The van der Waals surface area contributed by atoms with Gasteiger partial charge in [0.25, 0.3) is 0 Å². The molecule has 1 fully saturated rings. The topological polar surface area (TPSA) is 116 Å². The van der Waals surface area contributed by atoms with Gasteiger partial charge in [-0.2, -0.15) is 9.78 Å². The van der Waals surface area contributed by atoms with E-state index >= 15 is 0 Å². The monoisotopic (exact) mass is 568 g/mol. The third-order valence-electron chi connectivity index (χ3n) is 7.64. The minimum Gasteiger partial charge on any atom is -0.462 e. The van der Waals surface area contributed by atoms with Crippen molar-refractivity contribution in [2.75, 3.05) is 36.4 Å². The van der Waals surface area contributed by atoms with E-state index in [-0.39, 0.29) is 23.9 Å². The highest BCUT2D eigenvalue weighted by Crippen LogP contribution is 2.47. The van der Waals surface area contributed by atoms with Crippen LogP contribution in [-0.4, -0.2) is 62.8 Å². The van der Waals surface area contributed by atoms with Gasteiger partial charge in [0.1, 0.15) is 34.7 Å². The van der Waals surface area contributed by atoms with Crippen molar-refractivity contribution in [3.63, 3.8) is 0 Å². The molecule has 1 N–H and O–H groups in total. The zero-order chi connectivity index (χ0) is 28.7. The van der Waals surface area contributed by atoms with Crippen LogP contribution in [0.15, 0.2) is 46.7 Å². The average Bonchev–Trinajstić information content (AvgIpc) is 3.65. The van der Waals surface area contributed by atoms with E-state index in [0.29, 0.717) is 16.2 Å². The molecule has 4 aromatic heterocycles. The Kier molecular flexibility index (Phi) is 6.97. The zero-order valence-electron chi connectivity index (χ0n) is 23.6. The molecule has 1 aliphatic carbocycles. The second-order valence-corrected chi connectivity index (χ2v) is 12.4. The Balaban J connectivity index is 1.14. The summed E-state index contributed by atoms with van der Waals surface area (Å²) in [4.78, 5) is 18.7. The van der Waals surface area contributed by atoms with Crippen LogP contribution in [0.4, 0.5) is 10.8 Å². The van der Waals surface area contributed by atoms with Crippen LogP contribution in [-0.2, 0) is 10.2 Å². The molecule has 0 bridgehead atoms. The summed E-state index contributed by atoms with van der Waals surface area (Å²) < 4.78 is 7.34. The summed E-state index contributed by atoms with van der Waals surface area (Å²) in [5, 5.41) is 26.3. The van der Waals surface area contributed by atoms with Crippen LogP contribution < -0.4 is 10.2 Å². The van der Waals surface area contributed by atoms with Gasteiger partial charge in [-0.15, -0.1) is 26.6 Å². The van der Waals surface area contributed by atoms with E-state index < -0.39 is 0 Å². The number of anilines is 2. The summed E-state index contributed by atoms with van der Waals surface area (Å²) in [5.74, 6) is 2.42. The van der Waals surface area contributed by atoms with Crippen LogP contribution in [0.5, 0.6) is 0 Å². The Bertz CT molecular complexity index is 1720. The van der Waals surface area contributed by atoms with E-state index in [1.807, 2.05) is 37.3 Å². The minimum atomic E-state index is -0.169. The average molecular weight is 569 g/mol. The molecule has 4 aromatic rings. The van der Waals surface area contributed by atoms with Gasteiger partial charge in [-0.25, -0.2) is 0 Å². The molecule has 0 radical (unpaired) electrons. The lowest BCUT2D eigenvalue weighted by molar-refractivity contribution is -0.117. The summed E-state index contributed by atoms with van der Waals surface area (Å²) in [6, 6.07) is 10.3. The number of carbonyl (C=O) groups is 1. The van der Waals surface area contributed by atoms with Crippen LogP contribution >= 0.6 is 11.3 Å². The molecule has 5 heterocycles. The molecule has 1 unspecified atom stereocenters. The number of nitrogens with zero attached hydrogens (tertiary/aromatic N) is 7. The summed E-state index contributed by atoms with van der Waals surface area (Å²) in [5.41, 5.74) is 3.09. The Hall–Kier alpha value is -4.27. The van der Waals surface area contributed by atoms with Gasteiger partial charge in [-0.3, -0.25) is 9.69 Å². The molecule has 1 aliphatic heterocycles. The summed E-state index contributed by atoms with van der Waals surface area (Å²) in [7, 11) is 0. The minimum absolute atomic E-state index is 0.111. The van der Waals surface area contributed by atoms with E-state index in [4.69, 9.17) is 4.42 Å². The van der Waals surface area contributed by atoms with Crippen molar-refractivity contribution in [3.05, 3.63) is 69.8 Å². The molecule has 1 saturated heterocycles. The molecule has 6 rings (SSSR count). The fraction of sp³-hybridized carbons (Fsp3) is 0.367. The second kappa shape index (κ2) is 10.6. The molecule has 11 heteroatoms. The van der Waals surface area contributed by atoms with Crippen molar-refractivity contribution in [3.8, 4) is 6.07 Å². The predicted molar refractivity (Wildman–Crippen MR) is 160 cm³/mol. The maximum absolute atomic E-state index is 13.2. The third-order valence-corrected chi connectivity index (χ3v) is 9.13. The first-order chi connectivity index (χ1) is 19.7. The lowest BCUT2D eigenvalue weighted by atomic mass is 9.77. The number of allylic oxidation sites excluding steroid dienone is 2. The number of hydrogen-bond acceptors (Lipinski definition) is 9. The molecule has 0 spiro atoms. The fourth-order valence-electron chi connectivity index (χ4n) is 5.71. The lowest BCUT2D eigenvalue weighted by Gasteiger charge is -2.40. The lowest BCUT2D eigenvalue weighted by Crippen LogP contribution is -2.53. The number of aromatic nitrogens is 4. The van der Waals surface area contributed by atoms with Crippen molar-refractivity contribution in [1.29, 1.82) is 5.26 Å². The zero-order valence-corrected chi connectivity index (χ0v) is 24.4. The normalized spacial score (nSPS) is 18.9. The van der Waals surface area contributed by atoms with Crippen LogP contribution in [0.25, 0.3) is 17.8 Å². The molecule has 1 atom stereocenters. The molecule has 41 heavy (non-hydrogen) atoms. The summed E-state index contributed by atoms with van der Waals surface area (Å²) in [6.07, 6.45) is 8.52. The molecule has 1 amide bonds. The number of piperazine rings is 1. The Labute approximate surface area is 242 Å². The van der Waals surface area contributed by atoms with Crippen molar-refractivity contribution in [2.45, 2.75) is 45.6 Å². The highest BCUT2D eigenvalue weighted by atomic mass is 32.1. The molecular formula is C30H32N8O2S. The van der Waals surface area contributed by atoms with Gasteiger partial charge in [0.2, 0.25) is 5.91 Å². The van der Waals surface area contributed by atoms with Crippen molar-refractivity contribution in [1.82, 2.24) is 24.7 Å². The van der Waals surface area contributed by atoms with Gasteiger partial charge in [0.05, 0.1) is 12.1 Å². The SMILES string of the molecule is Cc1ccc(/C=C/C2=Cc3c(sc(NC(=O)CN4CCN(c5ccc6nncn6n5)C(C)C4)c3C#N)C(C)(C)C2)o1. The Morgan fingerprint density at radius 3 is 2.88 bits per heavy atom. The highest BCUT2D eigenvalue weighted by Gasteiger charge is 2.34. The van der Waals surface area contributed by atoms with Gasteiger partial charge in [-0.05, 0) is 62.3 Å². The van der Waals surface area contributed by atoms with Gasteiger partial charge in [0, 0.05) is 41.5 Å². The van der Waals surface area contributed by atoms with Crippen molar-refractivity contribution < 1.29 is 9.21 Å². The molecule has 0 saturated carbocycles. The number of nitriles is 1. The van der Waals surface area contributed by atoms with E-state index in [2.05, 4.69) is 69.4 Å². The first kappa shape index (κ1) is 26.9. The van der Waals surface area contributed by atoms with E-state index in [9.17, 15) is 10.1 Å². The number of nitrogens with one attached hydrogen (secondary N) is 1. The first-order valence-corrected chi connectivity index (χ1v) is 14.5. The number of fused-ring (bicyclic) bond motifs is 2.